The van der Waals surface area contributed by atoms with Gasteiger partial charge in [-0.3, -0.25) is 9.59 Å². The van der Waals surface area contributed by atoms with Crippen molar-refractivity contribution in [3.8, 4) is 0 Å². The molecular formula is C29H28ClN3O3. The molecule has 2 amide bonds. The van der Waals surface area contributed by atoms with Crippen molar-refractivity contribution in [2.45, 2.75) is 19.5 Å². The normalized spacial score (nSPS) is 11.6. The zero-order chi connectivity index (χ0) is 25.7. The summed E-state index contributed by atoms with van der Waals surface area (Å²) < 4.78 is 5.44. The molecule has 7 heteroatoms. The van der Waals surface area contributed by atoms with Gasteiger partial charge in [0.1, 0.15) is 0 Å². The number of carbonyl (C=O) groups excluding carboxylic acids is 2. The molecule has 0 saturated heterocycles. The summed E-state index contributed by atoms with van der Waals surface area (Å²) in [4.78, 5) is 30.1. The van der Waals surface area contributed by atoms with Gasteiger partial charge in [0.2, 0.25) is 0 Å². The maximum absolute atomic E-state index is 13.5. The average Bonchev–Trinajstić information content (AvgIpc) is 3.42. The smallest absolute Gasteiger partial charge is 0.290 e. The van der Waals surface area contributed by atoms with E-state index in [2.05, 4.69) is 5.32 Å². The summed E-state index contributed by atoms with van der Waals surface area (Å²) in [7, 11) is 3.89. The summed E-state index contributed by atoms with van der Waals surface area (Å²) in [6.07, 6.45) is 1.49. The van der Waals surface area contributed by atoms with E-state index >= 15 is 0 Å². The first-order valence-corrected chi connectivity index (χ1v) is 12.0. The standard InChI is InChI=1S/C29H28ClN3O3/c1-20(21-10-5-4-6-11-21)33(29(35)27-14-9-17-36-27)19-22-18-23(15-16-26(22)32(2)3)31-28(34)24-12-7-8-13-25(24)30/h4-18,20H,19H2,1-3H3,(H,31,34). The third kappa shape index (κ3) is 5.61. The lowest BCUT2D eigenvalue weighted by atomic mass is 10.0. The van der Waals surface area contributed by atoms with Gasteiger partial charge in [0.25, 0.3) is 11.8 Å². The van der Waals surface area contributed by atoms with Crippen molar-refractivity contribution in [1.29, 1.82) is 0 Å². The van der Waals surface area contributed by atoms with Crippen LogP contribution in [0.2, 0.25) is 5.02 Å². The van der Waals surface area contributed by atoms with E-state index < -0.39 is 0 Å². The molecule has 1 N–H and O–H groups in total. The van der Waals surface area contributed by atoms with Crippen molar-refractivity contribution < 1.29 is 14.0 Å². The van der Waals surface area contributed by atoms with Crippen molar-refractivity contribution in [2.75, 3.05) is 24.3 Å². The second kappa shape index (κ2) is 11.1. The van der Waals surface area contributed by atoms with E-state index in [0.717, 1.165) is 16.8 Å². The van der Waals surface area contributed by atoms with Crippen LogP contribution in [0.4, 0.5) is 11.4 Å². The Balaban J connectivity index is 1.69. The van der Waals surface area contributed by atoms with E-state index in [1.165, 1.54) is 6.26 Å². The van der Waals surface area contributed by atoms with Crippen LogP contribution >= 0.6 is 11.6 Å². The Morgan fingerprint density at radius 3 is 2.33 bits per heavy atom. The fourth-order valence-corrected chi connectivity index (χ4v) is 4.31. The number of nitrogens with zero attached hydrogens (tertiary/aromatic N) is 2. The van der Waals surface area contributed by atoms with Gasteiger partial charge < -0.3 is 19.5 Å². The van der Waals surface area contributed by atoms with Crippen LogP contribution in [-0.2, 0) is 6.54 Å². The largest absolute Gasteiger partial charge is 0.459 e. The summed E-state index contributed by atoms with van der Waals surface area (Å²) in [6, 6.07) is 25.6. The Labute approximate surface area is 216 Å². The number of amides is 2. The minimum Gasteiger partial charge on any atom is -0.459 e. The van der Waals surface area contributed by atoms with Gasteiger partial charge in [0, 0.05) is 32.0 Å². The summed E-state index contributed by atoms with van der Waals surface area (Å²) in [5, 5.41) is 3.31. The number of rotatable bonds is 8. The second-order valence-corrected chi connectivity index (χ2v) is 9.08. The predicted octanol–water partition coefficient (Wildman–Crippen LogP) is 6.65. The van der Waals surface area contributed by atoms with Crippen molar-refractivity contribution in [2.24, 2.45) is 0 Å². The highest BCUT2D eigenvalue weighted by atomic mass is 35.5. The Morgan fingerprint density at radius 2 is 1.67 bits per heavy atom. The van der Waals surface area contributed by atoms with Crippen LogP contribution in [-0.4, -0.2) is 30.8 Å². The summed E-state index contributed by atoms with van der Waals surface area (Å²) in [6.45, 7) is 2.30. The summed E-state index contributed by atoms with van der Waals surface area (Å²) >= 11 is 6.21. The Morgan fingerprint density at radius 1 is 0.944 bits per heavy atom. The molecule has 1 unspecified atom stereocenters. The number of nitrogens with one attached hydrogen (secondary N) is 1. The Kier molecular flexibility index (Phi) is 7.76. The number of benzene rings is 3. The van der Waals surface area contributed by atoms with Crippen molar-refractivity contribution in [1.82, 2.24) is 4.90 Å². The summed E-state index contributed by atoms with van der Waals surface area (Å²) in [5.74, 6) is -0.246. The zero-order valence-electron chi connectivity index (χ0n) is 20.4. The fourth-order valence-electron chi connectivity index (χ4n) is 4.09. The minimum atomic E-state index is -0.301. The van der Waals surface area contributed by atoms with Crippen LogP contribution in [0.15, 0.2) is 95.6 Å². The molecule has 4 rings (SSSR count). The number of halogens is 1. The van der Waals surface area contributed by atoms with E-state index in [4.69, 9.17) is 16.0 Å². The molecule has 6 nitrogen and oxygen atoms in total. The SMILES string of the molecule is CC(c1ccccc1)N(Cc1cc(NC(=O)c2ccccc2Cl)ccc1N(C)C)C(=O)c1ccco1. The van der Waals surface area contributed by atoms with Crippen LogP contribution in [0.1, 0.15) is 45.0 Å². The monoisotopic (exact) mass is 501 g/mol. The van der Waals surface area contributed by atoms with Gasteiger partial charge in [-0.25, -0.2) is 0 Å². The first-order chi connectivity index (χ1) is 17.3. The Hall–Kier alpha value is -4.03. The van der Waals surface area contributed by atoms with Gasteiger partial charge in [-0.15, -0.1) is 0 Å². The van der Waals surface area contributed by atoms with Crippen LogP contribution in [0.3, 0.4) is 0 Å². The molecule has 0 bridgehead atoms. The van der Waals surface area contributed by atoms with E-state index in [9.17, 15) is 9.59 Å². The molecule has 0 aliphatic rings. The molecular weight excluding hydrogens is 474 g/mol. The number of hydrogen-bond acceptors (Lipinski definition) is 4. The molecule has 1 atom stereocenters. The topological polar surface area (TPSA) is 65.8 Å². The van der Waals surface area contributed by atoms with Gasteiger partial charge in [-0.05, 0) is 60.5 Å². The van der Waals surface area contributed by atoms with E-state index in [0.29, 0.717) is 22.8 Å². The molecule has 0 fully saturated rings. The quantitative estimate of drug-likeness (QED) is 0.293. The third-order valence-corrected chi connectivity index (χ3v) is 6.35. The van der Waals surface area contributed by atoms with Crippen molar-refractivity contribution >= 4 is 34.8 Å². The molecule has 0 aliphatic carbocycles. The van der Waals surface area contributed by atoms with E-state index in [-0.39, 0.29) is 23.6 Å². The van der Waals surface area contributed by atoms with Gasteiger partial charge in [0.15, 0.2) is 5.76 Å². The molecule has 184 valence electrons. The van der Waals surface area contributed by atoms with Crippen molar-refractivity contribution in [3.05, 3.63) is 119 Å². The van der Waals surface area contributed by atoms with Crippen LogP contribution in [0, 0.1) is 0 Å². The third-order valence-electron chi connectivity index (χ3n) is 6.02. The maximum Gasteiger partial charge on any atom is 0.290 e. The molecule has 1 aromatic heterocycles. The fraction of sp³-hybridized carbons (Fsp3) is 0.172. The number of hydrogen-bond donors (Lipinski definition) is 1. The maximum atomic E-state index is 13.5. The van der Waals surface area contributed by atoms with Crippen LogP contribution in [0.5, 0.6) is 0 Å². The van der Waals surface area contributed by atoms with Gasteiger partial charge in [-0.1, -0.05) is 54.1 Å². The average molecular weight is 502 g/mol. The highest BCUT2D eigenvalue weighted by molar-refractivity contribution is 6.34. The van der Waals surface area contributed by atoms with Gasteiger partial charge in [-0.2, -0.15) is 0 Å². The Bertz CT molecular complexity index is 1340. The lowest BCUT2D eigenvalue weighted by Gasteiger charge is -2.31. The molecule has 0 radical (unpaired) electrons. The molecule has 3 aromatic carbocycles. The van der Waals surface area contributed by atoms with Crippen LogP contribution < -0.4 is 10.2 Å². The van der Waals surface area contributed by atoms with Crippen LogP contribution in [0.25, 0.3) is 0 Å². The molecule has 4 aromatic rings. The molecule has 0 aliphatic heterocycles. The molecule has 1 heterocycles. The molecule has 36 heavy (non-hydrogen) atoms. The number of anilines is 2. The van der Waals surface area contributed by atoms with E-state index in [1.54, 1.807) is 41.3 Å². The first-order valence-electron chi connectivity index (χ1n) is 11.6. The predicted molar refractivity (Wildman–Crippen MR) is 144 cm³/mol. The lowest BCUT2D eigenvalue weighted by Crippen LogP contribution is -2.33. The van der Waals surface area contributed by atoms with Crippen molar-refractivity contribution in [3.63, 3.8) is 0 Å². The highest BCUT2D eigenvalue weighted by Gasteiger charge is 2.26. The molecule has 0 spiro atoms. The summed E-state index contributed by atoms with van der Waals surface area (Å²) in [5.41, 5.74) is 3.82. The second-order valence-electron chi connectivity index (χ2n) is 8.67. The first kappa shape index (κ1) is 25.1. The van der Waals surface area contributed by atoms with Gasteiger partial charge in [0.05, 0.1) is 22.9 Å². The molecule has 0 saturated carbocycles. The highest BCUT2D eigenvalue weighted by Crippen LogP contribution is 2.30. The minimum absolute atomic E-state index is 0.216. The van der Waals surface area contributed by atoms with E-state index in [1.807, 2.05) is 74.4 Å². The lowest BCUT2D eigenvalue weighted by molar-refractivity contribution is 0.0641. The zero-order valence-corrected chi connectivity index (χ0v) is 21.2. The number of carbonyl (C=O) groups is 2. The van der Waals surface area contributed by atoms with Gasteiger partial charge >= 0.3 is 0 Å². The number of furan rings is 1.